The molecule has 1 aliphatic rings. The molecule has 20 heavy (non-hydrogen) atoms. The maximum Gasteiger partial charge on any atom is 0.433 e. The summed E-state index contributed by atoms with van der Waals surface area (Å²) in [5.41, 5.74) is -0.102. The number of nitrogens with zero attached hydrogens (tertiary/aromatic N) is 4. The van der Waals surface area contributed by atoms with Gasteiger partial charge in [0.1, 0.15) is 28.7 Å². The van der Waals surface area contributed by atoms with Gasteiger partial charge in [-0.1, -0.05) is 0 Å². The molecule has 1 atom stereocenters. The Morgan fingerprint density at radius 2 is 2.35 bits per heavy atom. The van der Waals surface area contributed by atoms with Crippen LogP contribution in [0.15, 0.2) is 34.7 Å². The van der Waals surface area contributed by atoms with Crippen molar-refractivity contribution in [1.82, 2.24) is 14.8 Å². The first-order chi connectivity index (χ1) is 9.56. The molecule has 0 fully saturated rings. The minimum absolute atomic E-state index is 0.102. The van der Waals surface area contributed by atoms with E-state index in [4.69, 9.17) is 9.52 Å². The molecule has 0 amide bonds. The van der Waals surface area contributed by atoms with Crippen LogP contribution in [0.3, 0.4) is 0 Å². The standard InChI is InChI=1S/C10H7N5O5/c16-9(17)5-3-6(14-10(13-5)11-4-12-14)7-1-2-8(20-7)15(18)19/h1-4,6H,(H,16,17)(H,11,12,13)/t6-/m1/s1. The average Bonchev–Trinajstić information content (AvgIpc) is 3.06. The lowest BCUT2D eigenvalue weighted by Gasteiger charge is -2.20. The van der Waals surface area contributed by atoms with Crippen LogP contribution in [0.4, 0.5) is 11.8 Å². The molecule has 1 aliphatic heterocycles. The third-order valence-electron chi connectivity index (χ3n) is 2.72. The highest BCUT2D eigenvalue weighted by Gasteiger charge is 2.28. The van der Waals surface area contributed by atoms with Crippen LogP contribution >= 0.6 is 0 Å². The Bertz CT molecular complexity index is 730. The molecular formula is C10H7N5O5. The largest absolute Gasteiger partial charge is 0.477 e. The highest BCUT2D eigenvalue weighted by atomic mass is 16.6. The Kier molecular flexibility index (Phi) is 2.49. The number of carboxylic acids is 1. The van der Waals surface area contributed by atoms with E-state index in [1.54, 1.807) is 0 Å². The average molecular weight is 277 g/mol. The number of allylic oxidation sites excluding steroid dienone is 1. The number of hydrogen-bond acceptors (Lipinski definition) is 7. The molecule has 2 N–H and O–H groups in total. The predicted molar refractivity (Wildman–Crippen MR) is 62.9 cm³/mol. The third kappa shape index (κ3) is 1.79. The van der Waals surface area contributed by atoms with E-state index in [1.165, 1.54) is 29.2 Å². The number of aliphatic carboxylic acids is 1. The molecule has 3 rings (SSSR count). The monoisotopic (exact) mass is 277 g/mol. The van der Waals surface area contributed by atoms with Crippen LogP contribution < -0.4 is 5.32 Å². The van der Waals surface area contributed by atoms with Gasteiger partial charge in [-0.3, -0.25) is 10.1 Å². The van der Waals surface area contributed by atoms with Gasteiger partial charge in [0, 0.05) is 0 Å². The molecule has 10 nitrogen and oxygen atoms in total. The quantitative estimate of drug-likeness (QED) is 0.619. The summed E-state index contributed by atoms with van der Waals surface area (Å²) in [5, 5.41) is 26.2. The van der Waals surface area contributed by atoms with E-state index in [-0.39, 0.29) is 17.4 Å². The van der Waals surface area contributed by atoms with Crippen LogP contribution in [0.1, 0.15) is 11.8 Å². The van der Waals surface area contributed by atoms with Crippen molar-refractivity contribution in [2.45, 2.75) is 6.04 Å². The summed E-state index contributed by atoms with van der Waals surface area (Å²) >= 11 is 0. The summed E-state index contributed by atoms with van der Waals surface area (Å²) in [7, 11) is 0. The van der Waals surface area contributed by atoms with Crippen molar-refractivity contribution in [1.29, 1.82) is 0 Å². The van der Waals surface area contributed by atoms with Gasteiger partial charge in [0.2, 0.25) is 5.95 Å². The Hall–Kier alpha value is -3.17. The molecule has 0 bridgehead atoms. The molecule has 102 valence electrons. The summed E-state index contributed by atoms with van der Waals surface area (Å²) in [4.78, 5) is 24.9. The number of aromatic nitrogens is 3. The zero-order chi connectivity index (χ0) is 14.3. The van der Waals surface area contributed by atoms with Crippen molar-refractivity contribution >= 4 is 17.8 Å². The number of carboxylic acid groups (broad SMARTS) is 1. The predicted octanol–water partition coefficient (Wildman–Crippen LogP) is 0.763. The van der Waals surface area contributed by atoms with Crippen molar-refractivity contribution in [2.24, 2.45) is 0 Å². The summed E-state index contributed by atoms with van der Waals surface area (Å²) < 4.78 is 6.46. The second-order valence-electron chi connectivity index (χ2n) is 3.92. The normalized spacial score (nSPS) is 17.0. The van der Waals surface area contributed by atoms with Gasteiger partial charge < -0.3 is 14.8 Å². The van der Waals surface area contributed by atoms with Gasteiger partial charge in [-0.2, -0.15) is 10.1 Å². The highest BCUT2D eigenvalue weighted by molar-refractivity contribution is 5.90. The van der Waals surface area contributed by atoms with E-state index < -0.39 is 22.8 Å². The molecule has 0 saturated carbocycles. The topological polar surface area (TPSA) is 136 Å². The van der Waals surface area contributed by atoms with Crippen LogP contribution in [0.5, 0.6) is 0 Å². The van der Waals surface area contributed by atoms with Gasteiger partial charge in [-0.25, -0.2) is 9.48 Å². The van der Waals surface area contributed by atoms with Gasteiger partial charge in [0.15, 0.2) is 0 Å². The van der Waals surface area contributed by atoms with Gasteiger partial charge in [-0.05, 0) is 12.1 Å². The number of hydrogen-bond donors (Lipinski definition) is 2. The second kappa shape index (κ2) is 4.19. The molecule has 3 heterocycles. The van der Waals surface area contributed by atoms with Crippen molar-refractivity contribution in [3.05, 3.63) is 46.1 Å². The van der Waals surface area contributed by atoms with Crippen LogP contribution in [0.25, 0.3) is 0 Å². The number of anilines is 1. The lowest BCUT2D eigenvalue weighted by atomic mass is 10.1. The van der Waals surface area contributed by atoms with Crippen molar-refractivity contribution in [3.8, 4) is 0 Å². The van der Waals surface area contributed by atoms with Crippen molar-refractivity contribution in [3.63, 3.8) is 0 Å². The SMILES string of the molecule is O=C(O)C1=C[C@H](c2ccc([N+](=O)[O-])o2)n2ncnc2N1. The lowest BCUT2D eigenvalue weighted by Crippen LogP contribution is -2.24. The molecule has 0 spiro atoms. The minimum Gasteiger partial charge on any atom is -0.477 e. The number of nitro groups is 1. The van der Waals surface area contributed by atoms with Gasteiger partial charge in [0.05, 0.1) is 6.07 Å². The molecule has 2 aromatic rings. The smallest absolute Gasteiger partial charge is 0.433 e. The van der Waals surface area contributed by atoms with Crippen LogP contribution in [0, 0.1) is 10.1 Å². The fourth-order valence-corrected chi connectivity index (χ4v) is 1.86. The maximum absolute atomic E-state index is 11.0. The van der Waals surface area contributed by atoms with Crippen LogP contribution in [-0.4, -0.2) is 30.8 Å². The number of nitrogens with one attached hydrogen (secondary N) is 1. The fourth-order valence-electron chi connectivity index (χ4n) is 1.86. The molecule has 0 radical (unpaired) electrons. The van der Waals surface area contributed by atoms with Gasteiger partial charge in [-0.15, -0.1) is 0 Å². The Morgan fingerprint density at radius 3 is 3.00 bits per heavy atom. The third-order valence-corrected chi connectivity index (χ3v) is 2.72. The number of furan rings is 1. The van der Waals surface area contributed by atoms with E-state index >= 15 is 0 Å². The number of rotatable bonds is 3. The van der Waals surface area contributed by atoms with Gasteiger partial charge >= 0.3 is 11.9 Å². The second-order valence-corrected chi connectivity index (χ2v) is 3.92. The molecular weight excluding hydrogens is 270 g/mol. The van der Waals surface area contributed by atoms with E-state index in [0.717, 1.165) is 0 Å². The van der Waals surface area contributed by atoms with Crippen LogP contribution in [-0.2, 0) is 4.79 Å². The summed E-state index contributed by atoms with van der Waals surface area (Å²) in [6.45, 7) is 0. The number of fused-ring (bicyclic) bond motifs is 1. The summed E-state index contributed by atoms with van der Waals surface area (Å²) in [6.07, 6.45) is 2.58. The first-order valence-electron chi connectivity index (χ1n) is 5.42. The van der Waals surface area contributed by atoms with Crippen molar-refractivity contribution < 1.29 is 19.2 Å². The van der Waals surface area contributed by atoms with E-state index in [9.17, 15) is 14.9 Å². The first kappa shape index (κ1) is 11.9. The zero-order valence-electron chi connectivity index (χ0n) is 9.76. The van der Waals surface area contributed by atoms with E-state index in [1.807, 2.05) is 0 Å². The Labute approximate surface area is 110 Å². The molecule has 0 aromatic carbocycles. The fraction of sp³-hybridized carbons (Fsp3) is 0.100. The lowest BCUT2D eigenvalue weighted by molar-refractivity contribution is -0.402. The minimum atomic E-state index is -1.18. The van der Waals surface area contributed by atoms with Crippen molar-refractivity contribution in [2.75, 3.05) is 5.32 Å². The van der Waals surface area contributed by atoms with E-state index in [0.29, 0.717) is 0 Å². The Morgan fingerprint density at radius 1 is 1.55 bits per heavy atom. The molecule has 0 saturated heterocycles. The maximum atomic E-state index is 11.0. The highest BCUT2D eigenvalue weighted by Crippen LogP contribution is 2.30. The zero-order valence-corrected chi connectivity index (χ0v) is 9.76. The Balaban J connectivity index is 2.06. The molecule has 2 aromatic heterocycles. The number of carbonyl (C=O) groups is 1. The van der Waals surface area contributed by atoms with Gasteiger partial charge in [0.25, 0.3) is 0 Å². The summed E-state index contributed by atoms with van der Waals surface area (Å²) in [6, 6.07) is 1.88. The molecule has 0 aliphatic carbocycles. The van der Waals surface area contributed by atoms with Crippen LogP contribution in [0.2, 0.25) is 0 Å². The molecule has 0 unspecified atom stereocenters. The van der Waals surface area contributed by atoms with E-state index in [2.05, 4.69) is 15.4 Å². The molecule has 10 heteroatoms. The summed E-state index contributed by atoms with van der Waals surface area (Å²) in [5.74, 6) is -1.19. The first-order valence-corrected chi connectivity index (χ1v) is 5.42.